The number of thiazole rings is 1. The number of rotatable bonds is 5. The molecule has 0 radical (unpaired) electrons. The summed E-state index contributed by atoms with van der Waals surface area (Å²) < 4.78 is 23.1. The van der Waals surface area contributed by atoms with Gasteiger partial charge in [-0.25, -0.2) is 4.98 Å². The fourth-order valence-electron chi connectivity index (χ4n) is 3.34. The van der Waals surface area contributed by atoms with Gasteiger partial charge in [-0.2, -0.15) is 0 Å². The van der Waals surface area contributed by atoms with Crippen LogP contribution in [0.25, 0.3) is 10.2 Å². The van der Waals surface area contributed by atoms with Gasteiger partial charge in [0.2, 0.25) is 6.79 Å². The Hall–Kier alpha value is -2.75. The zero-order valence-corrected chi connectivity index (χ0v) is 18.7. The lowest BCUT2D eigenvalue weighted by molar-refractivity contribution is -0.0000158. The van der Waals surface area contributed by atoms with Crippen LogP contribution in [0.3, 0.4) is 0 Å². The van der Waals surface area contributed by atoms with Gasteiger partial charge in [-0.05, 0) is 32.3 Å². The Labute approximate surface area is 189 Å². The van der Waals surface area contributed by atoms with Crippen molar-refractivity contribution in [2.24, 2.45) is 0 Å². The third-order valence-corrected chi connectivity index (χ3v) is 5.95. The lowest BCUT2D eigenvalue weighted by Crippen LogP contribution is -3.00. The monoisotopic (exact) mass is 462 g/mol. The van der Waals surface area contributed by atoms with Gasteiger partial charge in [0.25, 0.3) is 5.91 Å². The Bertz CT molecular complexity index is 1080. The van der Waals surface area contributed by atoms with E-state index in [2.05, 4.69) is 0 Å². The molecule has 0 atom stereocenters. The molecular formula is C21H21ClN3O5S-. The van der Waals surface area contributed by atoms with E-state index in [9.17, 15) is 4.79 Å². The molecule has 0 aliphatic carbocycles. The molecule has 1 amide bonds. The van der Waals surface area contributed by atoms with Crippen molar-refractivity contribution in [3.05, 3.63) is 35.9 Å². The van der Waals surface area contributed by atoms with Crippen molar-refractivity contribution in [2.45, 2.75) is 0 Å². The Morgan fingerprint density at radius 3 is 2.45 bits per heavy atom. The maximum atomic E-state index is 13.4. The molecule has 0 unspecified atom stereocenters. The van der Waals surface area contributed by atoms with Gasteiger partial charge in [-0.1, -0.05) is 11.3 Å². The number of halogens is 1. The van der Waals surface area contributed by atoms with Gasteiger partial charge in [0.1, 0.15) is 13.2 Å². The molecule has 0 saturated heterocycles. The predicted octanol–water partition coefficient (Wildman–Crippen LogP) is 0.00860. The summed E-state index contributed by atoms with van der Waals surface area (Å²) >= 11 is 1.46. The number of benzene rings is 2. The Morgan fingerprint density at radius 2 is 1.68 bits per heavy atom. The summed E-state index contributed by atoms with van der Waals surface area (Å²) in [6.07, 6.45) is 0. The van der Waals surface area contributed by atoms with Crippen molar-refractivity contribution < 1.29 is 36.1 Å². The largest absolute Gasteiger partial charge is 1.00 e. The molecule has 5 rings (SSSR count). The Morgan fingerprint density at radius 1 is 0.968 bits per heavy atom. The summed E-state index contributed by atoms with van der Waals surface area (Å²) in [5, 5.41) is 0.635. The zero-order chi connectivity index (χ0) is 20.7. The van der Waals surface area contributed by atoms with Crippen LogP contribution in [-0.4, -0.2) is 63.0 Å². The normalized spacial score (nSPS) is 13.9. The molecule has 0 bridgehead atoms. The van der Waals surface area contributed by atoms with Crippen molar-refractivity contribution in [3.63, 3.8) is 0 Å². The molecule has 0 N–H and O–H groups in total. The summed E-state index contributed by atoms with van der Waals surface area (Å²) in [5.41, 5.74) is 1.32. The van der Waals surface area contributed by atoms with Crippen LogP contribution >= 0.6 is 11.3 Å². The highest BCUT2D eigenvalue weighted by molar-refractivity contribution is 7.22. The van der Waals surface area contributed by atoms with Crippen LogP contribution in [-0.2, 0) is 0 Å². The third kappa shape index (κ3) is 4.21. The second-order valence-corrected chi connectivity index (χ2v) is 8.30. The molecule has 3 aromatic rings. The van der Waals surface area contributed by atoms with Crippen LogP contribution in [0, 0.1) is 0 Å². The smallest absolute Gasteiger partial charge is 0.260 e. The van der Waals surface area contributed by atoms with E-state index in [-0.39, 0.29) is 25.1 Å². The number of carbonyl (C=O) groups excluding carboxylic acids is 1. The second-order valence-electron chi connectivity index (χ2n) is 7.29. The van der Waals surface area contributed by atoms with Crippen molar-refractivity contribution in [1.82, 2.24) is 9.88 Å². The van der Waals surface area contributed by atoms with E-state index in [1.54, 1.807) is 23.1 Å². The number of amides is 1. The molecule has 2 aliphatic heterocycles. The van der Waals surface area contributed by atoms with Crippen molar-refractivity contribution >= 4 is 32.6 Å². The van der Waals surface area contributed by atoms with Crippen molar-refractivity contribution in [1.29, 1.82) is 0 Å². The maximum absolute atomic E-state index is 13.4. The van der Waals surface area contributed by atoms with E-state index in [1.165, 1.54) is 11.3 Å². The minimum absolute atomic E-state index is 0. The van der Waals surface area contributed by atoms with Crippen LogP contribution in [0.5, 0.6) is 23.0 Å². The average molecular weight is 463 g/mol. The first-order chi connectivity index (χ1) is 14.6. The highest BCUT2D eigenvalue weighted by atomic mass is 35.5. The minimum atomic E-state index is -0.132. The molecule has 3 heterocycles. The van der Waals surface area contributed by atoms with Crippen LogP contribution < -0.4 is 36.3 Å². The van der Waals surface area contributed by atoms with E-state index in [0.717, 1.165) is 10.2 Å². The number of aromatic nitrogens is 1. The first-order valence-electron chi connectivity index (χ1n) is 9.65. The van der Waals surface area contributed by atoms with Crippen LogP contribution in [0.15, 0.2) is 30.3 Å². The number of hydrogen-bond donors (Lipinski definition) is 0. The maximum Gasteiger partial charge on any atom is 0.260 e. The lowest BCUT2D eigenvalue weighted by Gasteiger charge is -2.23. The van der Waals surface area contributed by atoms with Gasteiger partial charge in [0.05, 0.1) is 10.2 Å². The summed E-state index contributed by atoms with van der Waals surface area (Å²) in [6, 6.07) is 9.06. The third-order valence-electron chi connectivity index (χ3n) is 4.91. The number of anilines is 1. The molecule has 0 saturated carbocycles. The molecule has 0 spiro atoms. The number of carbonyl (C=O) groups is 1. The summed E-state index contributed by atoms with van der Waals surface area (Å²) in [5.74, 6) is 2.50. The Kier molecular flexibility index (Phi) is 6.08. The van der Waals surface area contributed by atoms with E-state index in [0.29, 0.717) is 60.0 Å². The zero-order valence-electron chi connectivity index (χ0n) is 17.1. The van der Waals surface area contributed by atoms with E-state index in [4.69, 9.17) is 23.9 Å². The second kappa shape index (κ2) is 8.78. The first-order valence-corrected chi connectivity index (χ1v) is 10.5. The van der Waals surface area contributed by atoms with Crippen molar-refractivity contribution in [3.8, 4) is 23.0 Å². The van der Waals surface area contributed by atoms with Crippen LogP contribution in [0.4, 0.5) is 5.13 Å². The fourth-order valence-corrected chi connectivity index (χ4v) is 4.34. The lowest BCUT2D eigenvalue weighted by atomic mass is 10.1. The highest BCUT2D eigenvalue weighted by Crippen LogP contribution is 2.40. The van der Waals surface area contributed by atoms with E-state index < -0.39 is 0 Å². The molecule has 0 fully saturated rings. The molecular weight excluding hydrogens is 442 g/mol. The predicted molar refractivity (Wildman–Crippen MR) is 113 cm³/mol. The van der Waals surface area contributed by atoms with Crippen LogP contribution in [0.2, 0.25) is 0 Å². The number of fused-ring (bicyclic) bond motifs is 3. The summed E-state index contributed by atoms with van der Waals surface area (Å²) in [4.78, 5) is 21.9. The standard InChI is InChI=1S/C21H21N3O5S.ClH/c1-23(2)5-6-24(20(25)13-3-4-15-16(9-13)27-8-7-26-15)21-22-14-10-17-18(29-12-28-17)11-19(14)30-21;/h3-4,9-11H,5-8,12H2,1-2H3;1H/p-1. The van der Waals surface area contributed by atoms with Gasteiger partial charge in [0.15, 0.2) is 28.1 Å². The topological polar surface area (TPSA) is 73.4 Å². The number of likely N-dealkylation sites (N-methyl/N-ethyl adjacent to an activating group) is 1. The van der Waals surface area contributed by atoms with E-state index in [1.807, 2.05) is 31.1 Å². The van der Waals surface area contributed by atoms with Crippen LogP contribution in [0.1, 0.15) is 10.4 Å². The first kappa shape index (κ1) is 21.5. The van der Waals surface area contributed by atoms with E-state index >= 15 is 0 Å². The number of nitrogens with zero attached hydrogens (tertiary/aromatic N) is 3. The van der Waals surface area contributed by atoms with Gasteiger partial charge in [-0.3, -0.25) is 9.69 Å². The van der Waals surface area contributed by atoms with Gasteiger partial charge >= 0.3 is 0 Å². The van der Waals surface area contributed by atoms with Gasteiger partial charge in [-0.15, -0.1) is 0 Å². The highest BCUT2D eigenvalue weighted by Gasteiger charge is 2.25. The molecule has 10 heteroatoms. The van der Waals surface area contributed by atoms with Gasteiger partial charge < -0.3 is 36.3 Å². The molecule has 2 aromatic carbocycles. The van der Waals surface area contributed by atoms with Crippen molar-refractivity contribution in [2.75, 3.05) is 52.1 Å². The minimum Gasteiger partial charge on any atom is -1.00 e. The summed E-state index contributed by atoms with van der Waals surface area (Å²) in [6.45, 7) is 2.42. The fraction of sp³-hybridized carbons (Fsp3) is 0.333. The molecule has 8 nitrogen and oxygen atoms in total. The molecule has 2 aliphatic rings. The quantitative estimate of drug-likeness (QED) is 0.529. The number of ether oxygens (including phenoxy) is 4. The molecule has 31 heavy (non-hydrogen) atoms. The summed E-state index contributed by atoms with van der Waals surface area (Å²) in [7, 11) is 3.95. The van der Waals surface area contributed by atoms with Gasteiger partial charge in [0, 0.05) is 30.8 Å². The molecule has 164 valence electrons. The SMILES string of the molecule is CN(C)CCN(C(=O)c1ccc2c(c1)OCCO2)c1nc2cc3c(cc2s1)OCO3.[Cl-]. The Balaban J connectivity index is 0.00000231. The average Bonchev–Trinajstić information content (AvgIpc) is 3.37. The molecule has 1 aromatic heterocycles. The number of hydrogen-bond acceptors (Lipinski definition) is 8.